The number of benzene rings is 1. The van der Waals surface area contributed by atoms with Gasteiger partial charge in [-0.25, -0.2) is 4.79 Å². The molecule has 11 heteroatoms. The van der Waals surface area contributed by atoms with Gasteiger partial charge in [-0.05, 0) is 31.4 Å². The average molecular weight is 415 g/mol. The number of carbonyl (C=O) groups is 2. The summed E-state index contributed by atoms with van der Waals surface area (Å²) in [6.45, 7) is -0.0298. The number of alkyl halides is 3. The van der Waals surface area contributed by atoms with E-state index in [0.29, 0.717) is 12.8 Å². The number of hydrogen-bond donors (Lipinski definition) is 2. The molecule has 0 aromatic heterocycles. The first-order valence-corrected chi connectivity index (χ1v) is 9.25. The summed E-state index contributed by atoms with van der Waals surface area (Å²) in [4.78, 5) is 25.1. The first-order valence-electron chi connectivity index (χ1n) is 8.37. The van der Waals surface area contributed by atoms with Crippen LogP contribution in [0.15, 0.2) is 29.2 Å². The Balaban J connectivity index is 1.72. The monoisotopic (exact) mass is 415 g/mol. The fourth-order valence-electron chi connectivity index (χ4n) is 2.99. The second-order valence-corrected chi connectivity index (χ2v) is 7.95. The first-order chi connectivity index (χ1) is 13.1. The van der Waals surface area contributed by atoms with Gasteiger partial charge < -0.3 is 15.2 Å². The van der Waals surface area contributed by atoms with E-state index in [0.717, 1.165) is 16.7 Å². The summed E-state index contributed by atoms with van der Waals surface area (Å²) < 4.78 is 41.7. The minimum atomic E-state index is -4.85. The van der Waals surface area contributed by atoms with Gasteiger partial charge >= 0.3 is 12.5 Å². The van der Waals surface area contributed by atoms with Crippen molar-refractivity contribution in [3.05, 3.63) is 24.3 Å². The summed E-state index contributed by atoms with van der Waals surface area (Å²) in [7, 11) is 0. The lowest BCUT2D eigenvalue weighted by Crippen LogP contribution is -2.49. The zero-order valence-electron chi connectivity index (χ0n) is 14.4. The molecular weight excluding hydrogens is 399 g/mol. The number of ether oxygens (including phenoxy) is 1. The number of para-hydroxylation sites is 1. The number of carbonyl (C=O) groups excluding carboxylic acids is 1. The smallest absolute Gasteiger partial charge is 0.465 e. The van der Waals surface area contributed by atoms with Crippen molar-refractivity contribution in [3.8, 4) is 11.8 Å². The van der Waals surface area contributed by atoms with Crippen molar-refractivity contribution >= 4 is 23.8 Å². The number of halogens is 3. The van der Waals surface area contributed by atoms with Gasteiger partial charge in [0.1, 0.15) is 17.3 Å². The summed E-state index contributed by atoms with van der Waals surface area (Å²) in [5.41, 5.74) is -0.931. The number of hydrogen-bond acceptors (Lipinski definition) is 5. The van der Waals surface area contributed by atoms with E-state index >= 15 is 0 Å². The molecular formula is C17H16F3N3O4S. The van der Waals surface area contributed by atoms with Gasteiger partial charge in [0.2, 0.25) is 5.91 Å². The molecule has 0 unspecified atom stereocenters. The van der Waals surface area contributed by atoms with Crippen LogP contribution in [0.1, 0.15) is 19.3 Å². The van der Waals surface area contributed by atoms with E-state index < -0.39 is 35.2 Å². The highest BCUT2D eigenvalue weighted by Gasteiger charge is 2.48. The van der Waals surface area contributed by atoms with Gasteiger partial charge in [0.05, 0.1) is 11.0 Å². The fraction of sp³-hybridized carbons (Fsp3) is 0.471. The Hall–Kier alpha value is -2.61. The van der Waals surface area contributed by atoms with E-state index in [1.807, 2.05) is 6.07 Å². The van der Waals surface area contributed by atoms with Gasteiger partial charge in [-0.15, -0.1) is 24.9 Å². The molecule has 2 atom stereocenters. The second kappa shape index (κ2) is 7.43. The lowest BCUT2D eigenvalue weighted by molar-refractivity contribution is -0.275. The topological polar surface area (TPSA) is 103 Å². The van der Waals surface area contributed by atoms with Crippen molar-refractivity contribution in [3.63, 3.8) is 0 Å². The van der Waals surface area contributed by atoms with Crippen LogP contribution in [0.3, 0.4) is 0 Å². The number of carboxylic acid groups (broad SMARTS) is 1. The Morgan fingerprint density at radius 2 is 2.04 bits per heavy atom. The molecule has 1 aromatic carbocycles. The van der Waals surface area contributed by atoms with Crippen LogP contribution in [-0.2, 0) is 4.79 Å². The second-order valence-electron chi connectivity index (χ2n) is 6.60. The first kappa shape index (κ1) is 20.1. The van der Waals surface area contributed by atoms with Crippen LogP contribution in [0, 0.1) is 11.3 Å². The largest absolute Gasteiger partial charge is 0.573 e. The van der Waals surface area contributed by atoms with Crippen LogP contribution in [-0.4, -0.2) is 51.7 Å². The number of nitriles is 1. The van der Waals surface area contributed by atoms with E-state index in [1.54, 1.807) is 6.07 Å². The Kier molecular flexibility index (Phi) is 5.34. The molecule has 7 nitrogen and oxygen atoms in total. The summed E-state index contributed by atoms with van der Waals surface area (Å²) in [5.74, 6) is -0.944. The van der Waals surface area contributed by atoms with Crippen LogP contribution < -0.4 is 10.1 Å². The lowest BCUT2D eigenvalue weighted by Gasteiger charge is -2.21. The highest BCUT2D eigenvalue weighted by molar-refractivity contribution is 8.00. The Morgan fingerprint density at radius 1 is 1.36 bits per heavy atom. The van der Waals surface area contributed by atoms with Crippen molar-refractivity contribution in [1.82, 2.24) is 10.2 Å². The molecule has 2 N–H and O–H groups in total. The third-order valence-corrected chi connectivity index (χ3v) is 5.77. The highest BCUT2D eigenvalue weighted by Crippen LogP contribution is 2.40. The number of nitrogens with one attached hydrogen (secondary N) is 1. The maximum absolute atomic E-state index is 12.6. The number of rotatable bonds is 5. The quantitative estimate of drug-likeness (QED) is 0.767. The molecule has 1 aliphatic carbocycles. The Bertz CT molecular complexity index is 823. The van der Waals surface area contributed by atoms with E-state index in [4.69, 9.17) is 5.26 Å². The molecule has 0 radical (unpaired) electrons. The van der Waals surface area contributed by atoms with Crippen molar-refractivity contribution in [2.75, 3.05) is 6.54 Å². The third kappa shape index (κ3) is 4.62. The van der Waals surface area contributed by atoms with Crippen LogP contribution >= 0.6 is 11.8 Å². The fourth-order valence-corrected chi connectivity index (χ4v) is 4.24. The van der Waals surface area contributed by atoms with Gasteiger partial charge in [-0.2, -0.15) is 5.26 Å². The average Bonchev–Trinajstić information content (AvgIpc) is 3.24. The van der Waals surface area contributed by atoms with Crippen LogP contribution in [0.4, 0.5) is 18.0 Å². The summed E-state index contributed by atoms with van der Waals surface area (Å²) in [5, 5.41) is 20.6. The predicted octanol–water partition coefficient (Wildman–Crippen LogP) is 2.97. The molecule has 2 fully saturated rings. The molecule has 28 heavy (non-hydrogen) atoms. The Morgan fingerprint density at radius 3 is 2.61 bits per heavy atom. The lowest BCUT2D eigenvalue weighted by atomic mass is 10.2. The van der Waals surface area contributed by atoms with Gasteiger partial charge in [-0.3, -0.25) is 9.69 Å². The predicted molar refractivity (Wildman–Crippen MR) is 91.6 cm³/mol. The van der Waals surface area contributed by atoms with Crippen LogP contribution in [0.25, 0.3) is 0 Å². The van der Waals surface area contributed by atoms with Crippen LogP contribution in [0.5, 0.6) is 5.75 Å². The molecule has 1 aliphatic heterocycles. The van der Waals surface area contributed by atoms with E-state index in [9.17, 15) is 27.9 Å². The van der Waals surface area contributed by atoms with E-state index in [1.165, 1.54) is 18.2 Å². The van der Waals surface area contributed by atoms with E-state index in [-0.39, 0.29) is 23.6 Å². The minimum Gasteiger partial charge on any atom is -0.465 e. The third-order valence-electron chi connectivity index (χ3n) is 4.51. The van der Waals surface area contributed by atoms with Gasteiger partial charge in [-0.1, -0.05) is 12.1 Å². The molecule has 1 aromatic rings. The zero-order chi connectivity index (χ0) is 20.5. The maximum Gasteiger partial charge on any atom is 0.573 e. The molecule has 0 bridgehead atoms. The molecule has 2 aliphatic rings. The summed E-state index contributed by atoms with van der Waals surface area (Å²) in [6, 6.07) is 6.56. The molecule has 150 valence electrons. The molecule has 3 rings (SSSR count). The van der Waals surface area contributed by atoms with Crippen molar-refractivity contribution in [2.45, 2.75) is 47.4 Å². The summed E-state index contributed by atoms with van der Waals surface area (Å²) >= 11 is 1.03. The molecule has 1 saturated heterocycles. The minimum absolute atomic E-state index is 0.0298. The number of thioether (sulfide) groups is 1. The molecule has 2 amide bonds. The Labute approximate surface area is 162 Å². The number of likely N-dealkylation sites (tertiary alicyclic amines) is 1. The zero-order valence-corrected chi connectivity index (χ0v) is 15.2. The SMILES string of the molecule is N#CC1(NC(=O)[C@@H]2C[C@@H](Sc3ccccc3OC(F)(F)F)CN2C(=O)O)CC1. The number of amides is 2. The van der Waals surface area contributed by atoms with Gasteiger partial charge in [0.25, 0.3) is 0 Å². The van der Waals surface area contributed by atoms with Crippen molar-refractivity contribution in [1.29, 1.82) is 5.26 Å². The highest BCUT2D eigenvalue weighted by atomic mass is 32.2. The van der Waals surface area contributed by atoms with Gasteiger partial charge in [0.15, 0.2) is 0 Å². The van der Waals surface area contributed by atoms with E-state index in [2.05, 4.69) is 10.1 Å². The molecule has 1 heterocycles. The molecule has 0 spiro atoms. The van der Waals surface area contributed by atoms with Crippen molar-refractivity contribution < 1.29 is 32.6 Å². The summed E-state index contributed by atoms with van der Waals surface area (Å²) in [6.07, 6.45) is -5.02. The van der Waals surface area contributed by atoms with Crippen LogP contribution in [0.2, 0.25) is 0 Å². The van der Waals surface area contributed by atoms with Gasteiger partial charge in [0, 0.05) is 11.8 Å². The van der Waals surface area contributed by atoms with Crippen molar-refractivity contribution in [2.24, 2.45) is 0 Å². The maximum atomic E-state index is 12.6. The molecule has 1 saturated carbocycles. The standard InChI is InChI=1S/C17H16F3N3O4S/c18-17(19,20)27-12-3-1-2-4-13(12)28-10-7-11(23(8-10)15(25)26)14(24)22-16(9-21)5-6-16/h1-4,10-11H,5-8H2,(H,22,24)(H,25,26)/t10-,11+/m1/s1. The number of nitrogens with zero attached hydrogens (tertiary/aromatic N) is 2. The normalized spacial score (nSPS) is 23.0.